The molecule has 0 saturated carbocycles. The van der Waals surface area contributed by atoms with Gasteiger partial charge < -0.3 is 5.32 Å². The van der Waals surface area contributed by atoms with Crippen molar-refractivity contribution in [2.45, 2.75) is 6.42 Å². The zero-order valence-electron chi connectivity index (χ0n) is 12.1. The van der Waals surface area contributed by atoms with Crippen molar-refractivity contribution in [2.75, 3.05) is 12.4 Å². The average molecular weight is 306 g/mol. The van der Waals surface area contributed by atoms with Gasteiger partial charge in [-0.25, -0.2) is 0 Å². The number of aromatic nitrogens is 3. The first-order valence-corrected chi connectivity index (χ1v) is 7.92. The van der Waals surface area contributed by atoms with Crippen molar-refractivity contribution >= 4 is 22.0 Å². The van der Waals surface area contributed by atoms with Gasteiger partial charge in [-0.1, -0.05) is 35.6 Å². The van der Waals surface area contributed by atoms with E-state index in [1.807, 2.05) is 19.3 Å². The first-order valence-electron chi connectivity index (χ1n) is 7.10. The lowest BCUT2D eigenvalue weighted by molar-refractivity contribution is 1.09. The highest BCUT2D eigenvalue weighted by molar-refractivity contribution is 7.18. The highest BCUT2D eigenvalue weighted by atomic mass is 32.1. The molecule has 2 heterocycles. The summed E-state index contributed by atoms with van der Waals surface area (Å²) in [5, 5.41) is 13.2. The van der Waals surface area contributed by atoms with E-state index in [-0.39, 0.29) is 0 Å². The van der Waals surface area contributed by atoms with Crippen LogP contribution >= 0.6 is 11.3 Å². The van der Waals surface area contributed by atoms with Crippen molar-refractivity contribution in [1.29, 1.82) is 0 Å². The molecule has 0 atom stereocenters. The molecule has 1 aromatic carbocycles. The molecule has 1 aliphatic carbocycles. The summed E-state index contributed by atoms with van der Waals surface area (Å²) in [7, 11) is 1.86. The predicted molar refractivity (Wildman–Crippen MR) is 89.9 cm³/mol. The summed E-state index contributed by atoms with van der Waals surface area (Å²) in [6.07, 6.45) is 6.96. The molecule has 0 amide bonds. The maximum absolute atomic E-state index is 4.25. The van der Waals surface area contributed by atoms with Gasteiger partial charge in [-0.05, 0) is 35.3 Å². The predicted octanol–water partition coefficient (Wildman–Crippen LogP) is 3.63. The third-order valence-electron chi connectivity index (χ3n) is 3.78. The molecule has 108 valence electrons. The quantitative estimate of drug-likeness (QED) is 0.803. The molecule has 2 aromatic heterocycles. The normalized spacial score (nSPS) is 12.9. The minimum atomic E-state index is 0.832. The third kappa shape index (κ3) is 2.19. The van der Waals surface area contributed by atoms with E-state index in [2.05, 4.69) is 50.8 Å². The van der Waals surface area contributed by atoms with E-state index in [4.69, 9.17) is 0 Å². The molecule has 1 aliphatic rings. The van der Waals surface area contributed by atoms with Crippen LogP contribution < -0.4 is 5.32 Å². The Kier molecular flexibility index (Phi) is 3.20. The summed E-state index contributed by atoms with van der Waals surface area (Å²) in [5.41, 5.74) is 6.14. The van der Waals surface area contributed by atoms with E-state index in [0.29, 0.717) is 0 Å². The summed E-state index contributed by atoms with van der Waals surface area (Å²) in [4.78, 5) is 4.23. The Morgan fingerprint density at radius 3 is 2.86 bits per heavy atom. The van der Waals surface area contributed by atoms with Gasteiger partial charge in [0, 0.05) is 30.6 Å². The number of rotatable bonds is 3. The molecule has 0 spiro atoms. The monoisotopic (exact) mass is 306 g/mol. The van der Waals surface area contributed by atoms with Crippen molar-refractivity contribution in [3.8, 4) is 10.6 Å². The Morgan fingerprint density at radius 1 is 1.14 bits per heavy atom. The van der Waals surface area contributed by atoms with Gasteiger partial charge in [0.1, 0.15) is 5.01 Å². The van der Waals surface area contributed by atoms with Crippen LogP contribution in [-0.4, -0.2) is 22.2 Å². The van der Waals surface area contributed by atoms with E-state index < -0.39 is 0 Å². The lowest BCUT2D eigenvalue weighted by atomic mass is 9.98. The molecule has 0 unspecified atom stereocenters. The number of fused-ring (bicyclic) bond motifs is 1. The van der Waals surface area contributed by atoms with E-state index >= 15 is 0 Å². The Bertz CT molecular complexity index is 852. The molecular formula is C17H14N4S. The lowest BCUT2D eigenvalue weighted by Gasteiger charge is -2.07. The van der Waals surface area contributed by atoms with Crippen LogP contribution in [0.2, 0.25) is 0 Å². The molecule has 0 aliphatic heterocycles. The van der Waals surface area contributed by atoms with Crippen molar-refractivity contribution in [3.63, 3.8) is 0 Å². The Morgan fingerprint density at radius 2 is 2.09 bits per heavy atom. The summed E-state index contributed by atoms with van der Waals surface area (Å²) in [6.45, 7) is 0. The van der Waals surface area contributed by atoms with Crippen molar-refractivity contribution < 1.29 is 0 Å². The summed E-state index contributed by atoms with van der Waals surface area (Å²) in [5.74, 6) is 0. The molecule has 0 bridgehead atoms. The van der Waals surface area contributed by atoms with Crippen LogP contribution in [0.25, 0.3) is 16.1 Å². The van der Waals surface area contributed by atoms with Crippen LogP contribution in [-0.2, 0) is 6.42 Å². The van der Waals surface area contributed by atoms with Crippen LogP contribution in [0.4, 0.5) is 5.13 Å². The number of hydrogen-bond donors (Lipinski definition) is 1. The number of nitrogens with one attached hydrogen (secondary N) is 1. The molecule has 3 aromatic rings. The largest absolute Gasteiger partial charge is 0.363 e. The van der Waals surface area contributed by atoms with E-state index in [1.165, 1.54) is 16.7 Å². The average Bonchev–Trinajstić information content (AvgIpc) is 3.22. The number of anilines is 1. The van der Waals surface area contributed by atoms with Crippen LogP contribution in [0.15, 0.2) is 48.8 Å². The van der Waals surface area contributed by atoms with E-state index in [0.717, 1.165) is 27.7 Å². The van der Waals surface area contributed by atoms with E-state index in [1.54, 1.807) is 17.5 Å². The molecule has 0 fully saturated rings. The maximum Gasteiger partial charge on any atom is 0.205 e. The molecule has 5 heteroatoms. The molecule has 4 rings (SSSR count). The van der Waals surface area contributed by atoms with Crippen molar-refractivity contribution in [3.05, 3.63) is 65.5 Å². The number of hydrogen-bond acceptors (Lipinski definition) is 5. The zero-order valence-corrected chi connectivity index (χ0v) is 12.9. The van der Waals surface area contributed by atoms with Crippen molar-refractivity contribution in [1.82, 2.24) is 15.2 Å². The SMILES string of the molecule is CNc1nnc(-c2ccc3c(c2)C(c2cccnc2)=CC3)s1. The Hall–Kier alpha value is -2.53. The van der Waals surface area contributed by atoms with Crippen molar-refractivity contribution in [2.24, 2.45) is 0 Å². The summed E-state index contributed by atoms with van der Waals surface area (Å²) >= 11 is 1.56. The number of benzene rings is 1. The first-order chi connectivity index (χ1) is 10.8. The maximum atomic E-state index is 4.25. The second-order valence-electron chi connectivity index (χ2n) is 5.10. The smallest absolute Gasteiger partial charge is 0.205 e. The number of nitrogens with zero attached hydrogens (tertiary/aromatic N) is 3. The van der Waals surface area contributed by atoms with Gasteiger partial charge in [-0.3, -0.25) is 4.98 Å². The Balaban J connectivity index is 1.77. The molecule has 0 radical (unpaired) electrons. The highest BCUT2D eigenvalue weighted by Gasteiger charge is 2.17. The second-order valence-corrected chi connectivity index (χ2v) is 6.08. The van der Waals surface area contributed by atoms with Gasteiger partial charge >= 0.3 is 0 Å². The first kappa shape index (κ1) is 13.2. The topological polar surface area (TPSA) is 50.7 Å². The van der Waals surface area contributed by atoms with E-state index in [9.17, 15) is 0 Å². The molecule has 1 N–H and O–H groups in total. The Labute approximate surface area is 132 Å². The number of allylic oxidation sites excluding steroid dienone is 1. The van der Waals surface area contributed by atoms with Crippen LogP contribution in [0, 0.1) is 0 Å². The fraction of sp³-hybridized carbons (Fsp3) is 0.118. The highest BCUT2D eigenvalue weighted by Crippen LogP contribution is 2.36. The molecule has 22 heavy (non-hydrogen) atoms. The fourth-order valence-corrected chi connectivity index (χ4v) is 3.39. The molecular weight excluding hydrogens is 292 g/mol. The molecule has 0 saturated heterocycles. The van der Waals surface area contributed by atoms with Gasteiger partial charge in [-0.2, -0.15) is 0 Å². The van der Waals surface area contributed by atoms with Crippen LogP contribution in [0.3, 0.4) is 0 Å². The van der Waals surface area contributed by atoms with Crippen LogP contribution in [0.5, 0.6) is 0 Å². The minimum absolute atomic E-state index is 0.832. The summed E-state index contributed by atoms with van der Waals surface area (Å²) in [6, 6.07) is 10.6. The zero-order chi connectivity index (χ0) is 14.9. The van der Waals surface area contributed by atoms with Gasteiger partial charge in [0.25, 0.3) is 0 Å². The fourth-order valence-electron chi connectivity index (χ4n) is 2.70. The number of pyridine rings is 1. The third-order valence-corrected chi connectivity index (χ3v) is 4.77. The van der Waals surface area contributed by atoms with Gasteiger partial charge in [-0.15, -0.1) is 10.2 Å². The van der Waals surface area contributed by atoms with Gasteiger partial charge in [0.05, 0.1) is 0 Å². The standard InChI is InChI=1S/C17H14N4S/c1-18-17-21-20-16(22-17)12-5-4-11-6-7-14(15(11)9-12)13-3-2-8-19-10-13/h2-5,7-10H,6H2,1H3,(H,18,21). The van der Waals surface area contributed by atoms with Gasteiger partial charge in [0.2, 0.25) is 5.13 Å². The van der Waals surface area contributed by atoms with Gasteiger partial charge in [0.15, 0.2) is 0 Å². The molecule has 4 nitrogen and oxygen atoms in total. The minimum Gasteiger partial charge on any atom is -0.363 e. The second kappa shape index (κ2) is 5.35. The van der Waals surface area contributed by atoms with Crippen LogP contribution in [0.1, 0.15) is 16.7 Å². The summed E-state index contributed by atoms with van der Waals surface area (Å²) < 4.78 is 0. The lowest BCUT2D eigenvalue weighted by Crippen LogP contribution is -1.89.